The number of rotatable bonds is 3. The number of carbonyl (C=O) groups excluding carboxylic acids is 2. The van der Waals surface area contributed by atoms with E-state index in [2.05, 4.69) is 5.16 Å². The normalized spacial score (nSPS) is 36.5. The van der Waals surface area contributed by atoms with E-state index in [4.69, 9.17) is 14.8 Å². The highest BCUT2D eigenvalue weighted by Gasteiger charge is 2.70. The molecule has 0 aromatic heterocycles. The predicted octanol–water partition coefficient (Wildman–Crippen LogP) is 1.19. The SMILES string of the molecule is CN1C(=O)[C@@H]2[C@@H]3C[C@@H]([C@H]4ON=C(c5ccccc5OCC#N)[C@@H]34)[C@@H]2C1=O. The quantitative estimate of drug-likeness (QED) is 0.763. The summed E-state index contributed by atoms with van der Waals surface area (Å²) in [6.07, 6.45) is 0.652. The van der Waals surface area contributed by atoms with Crippen molar-refractivity contribution in [3.05, 3.63) is 29.8 Å². The number of benzene rings is 1. The third-order valence-electron chi connectivity index (χ3n) is 6.37. The number of para-hydroxylation sites is 1. The number of carbonyl (C=O) groups is 2. The van der Waals surface area contributed by atoms with Gasteiger partial charge in [-0.05, 0) is 24.5 Å². The van der Waals surface area contributed by atoms with Crippen LogP contribution in [-0.4, -0.2) is 42.2 Å². The molecule has 2 heterocycles. The first kappa shape index (κ1) is 15.4. The van der Waals surface area contributed by atoms with Gasteiger partial charge in [-0.1, -0.05) is 17.3 Å². The summed E-state index contributed by atoms with van der Waals surface area (Å²) in [5.74, 6) is -0.0339. The Morgan fingerprint density at radius 3 is 2.73 bits per heavy atom. The van der Waals surface area contributed by atoms with Crippen LogP contribution in [0, 0.1) is 40.9 Å². The van der Waals surface area contributed by atoms with Gasteiger partial charge in [-0.3, -0.25) is 14.5 Å². The summed E-state index contributed by atoms with van der Waals surface area (Å²) >= 11 is 0. The molecule has 1 saturated heterocycles. The van der Waals surface area contributed by atoms with E-state index in [0.29, 0.717) is 5.75 Å². The molecule has 2 saturated carbocycles. The summed E-state index contributed by atoms with van der Waals surface area (Å²) in [5, 5.41) is 13.1. The van der Waals surface area contributed by atoms with Gasteiger partial charge in [0.15, 0.2) is 6.61 Å². The molecule has 0 spiro atoms. The van der Waals surface area contributed by atoms with Gasteiger partial charge in [0, 0.05) is 24.4 Å². The second kappa shape index (κ2) is 5.31. The molecule has 2 aliphatic heterocycles. The maximum atomic E-state index is 12.6. The highest BCUT2D eigenvalue weighted by atomic mass is 16.6. The Morgan fingerprint density at radius 2 is 1.96 bits per heavy atom. The molecule has 3 fully saturated rings. The molecule has 0 N–H and O–H groups in total. The van der Waals surface area contributed by atoms with E-state index in [1.54, 1.807) is 13.1 Å². The number of likely N-dealkylation sites (tertiary alicyclic amines) is 1. The van der Waals surface area contributed by atoms with Gasteiger partial charge in [0.05, 0.1) is 17.5 Å². The zero-order valence-electron chi connectivity index (χ0n) is 14.2. The van der Waals surface area contributed by atoms with Crippen LogP contribution in [0.2, 0.25) is 0 Å². The van der Waals surface area contributed by atoms with E-state index >= 15 is 0 Å². The lowest BCUT2D eigenvalue weighted by Crippen LogP contribution is -2.41. The molecule has 2 aliphatic carbocycles. The summed E-state index contributed by atoms with van der Waals surface area (Å²) in [6.45, 7) is -0.0478. The van der Waals surface area contributed by atoms with Crippen LogP contribution in [0.25, 0.3) is 0 Å². The number of nitrogens with zero attached hydrogens (tertiary/aromatic N) is 3. The lowest BCUT2D eigenvalue weighted by Gasteiger charge is -2.30. The first-order chi connectivity index (χ1) is 12.6. The first-order valence-electron chi connectivity index (χ1n) is 8.77. The van der Waals surface area contributed by atoms with Crippen molar-refractivity contribution < 1.29 is 19.2 Å². The Labute approximate surface area is 150 Å². The second-order valence-electron chi connectivity index (χ2n) is 7.37. The molecule has 6 atom stereocenters. The van der Waals surface area contributed by atoms with Crippen molar-refractivity contribution in [3.63, 3.8) is 0 Å². The van der Waals surface area contributed by atoms with Crippen molar-refractivity contribution in [2.45, 2.75) is 12.5 Å². The Kier molecular flexibility index (Phi) is 3.14. The zero-order chi connectivity index (χ0) is 18.0. The minimum Gasteiger partial charge on any atom is -0.478 e. The number of fused-ring (bicyclic) bond motifs is 8. The van der Waals surface area contributed by atoms with Crippen molar-refractivity contribution in [2.75, 3.05) is 13.7 Å². The van der Waals surface area contributed by atoms with E-state index in [1.807, 2.05) is 24.3 Å². The first-order valence-corrected chi connectivity index (χ1v) is 8.77. The molecule has 2 amide bonds. The van der Waals surface area contributed by atoms with Gasteiger partial charge < -0.3 is 9.57 Å². The molecular weight excluding hydrogens is 334 g/mol. The summed E-state index contributed by atoms with van der Waals surface area (Å²) < 4.78 is 5.54. The molecular formula is C19H17N3O4. The van der Waals surface area contributed by atoms with Crippen molar-refractivity contribution in [2.24, 2.45) is 34.7 Å². The van der Waals surface area contributed by atoms with Crippen LogP contribution in [-0.2, 0) is 14.4 Å². The van der Waals surface area contributed by atoms with Crippen LogP contribution in [0.4, 0.5) is 0 Å². The number of oxime groups is 1. The lowest BCUT2D eigenvalue weighted by atomic mass is 9.71. The fourth-order valence-electron chi connectivity index (χ4n) is 5.41. The van der Waals surface area contributed by atoms with Crippen LogP contribution in [0.5, 0.6) is 5.75 Å². The topological polar surface area (TPSA) is 92.0 Å². The predicted molar refractivity (Wildman–Crippen MR) is 88.8 cm³/mol. The lowest BCUT2D eigenvalue weighted by molar-refractivity contribution is -0.139. The molecule has 0 radical (unpaired) electrons. The van der Waals surface area contributed by atoms with E-state index in [9.17, 15) is 9.59 Å². The van der Waals surface area contributed by atoms with E-state index in [1.165, 1.54) is 4.90 Å². The van der Waals surface area contributed by atoms with Gasteiger partial charge in [0.1, 0.15) is 17.9 Å². The average molecular weight is 351 g/mol. The van der Waals surface area contributed by atoms with Crippen molar-refractivity contribution >= 4 is 17.5 Å². The van der Waals surface area contributed by atoms with Crippen molar-refractivity contribution in [3.8, 4) is 11.8 Å². The number of amides is 2. The molecule has 5 rings (SSSR count). The van der Waals surface area contributed by atoms with Crippen LogP contribution in [0.3, 0.4) is 0 Å². The molecule has 4 aliphatic rings. The van der Waals surface area contributed by atoms with Gasteiger partial charge in [-0.15, -0.1) is 0 Å². The van der Waals surface area contributed by atoms with Gasteiger partial charge in [-0.25, -0.2) is 0 Å². The molecule has 26 heavy (non-hydrogen) atoms. The number of hydrogen-bond donors (Lipinski definition) is 0. The van der Waals surface area contributed by atoms with Gasteiger partial charge >= 0.3 is 0 Å². The van der Waals surface area contributed by atoms with E-state index in [-0.39, 0.29) is 54.1 Å². The highest BCUT2D eigenvalue weighted by molar-refractivity contribution is 6.09. The Bertz CT molecular complexity index is 889. The van der Waals surface area contributed by atoms with Gasteiger partial charge in [0.2, 0.25) is 11.8 Å². The van der Waals surface area contributed by atoms with Crippen LogP contribution in [0.15, 0.2) is 29.4 Å². The number of nitriles is 1. The van der Waals surface area contributed by atoms with Gasteiger partial charge in [0.25, 0.3) is 0 Å². The molecule has 7 nitrogen and oxygen atoms in total. The van der Waals surface area contributed by atoms with Crippen molar-refractivity contribution in [1.82, 2.24) is 4.90 Å². The van der Waals surface area contributed by atoms with Crippen LogP contribution < -0.4 is 4.74 Å². The Balaban J connectivity index is 1.51. The Hall–Kier alpha value is -2.88. The van der Waals surface area contributed by atoms with Gasteiger partial charge in [-0.2, -0.15) is 5.26 Å². The smallest absolute Gasteiger partial charge is 0.233 e. The standard InChI is InChI=1S/C19H17N3O4/c1-22-18(23)13-10-8-11(14(13)19(22)24)17-15(10)16(21-26-17)9-4-2-3-5-12(9)25-7-6-20/h2-5,10-11,13-15,17H,7-8H2,1H3/t10-,11+,13+,14-,15+,17+/m0/s1. The monoisotopic (exact) mass is 351 g/mol. The van der Waals surface area contributed by atoms with E-state index < -0.39 is 0 Å². The fourth-order valence-corrected chi connectivity index (χ4v) is 5.41. The Morgan fingerprint density at radius 1 is 1.23 bits per heavy atom. The fraction of sp³-hybridized carbons (Fsp3) is 0.474. The minimum absolute atomic E-state index is 0.0173. The molecule has 1 aromatic rings. The molecule has 2 bridgehead atoms. The summed E-state index contributed by atoms with van der Waals surface area (Å²) in [4.78, 5) is 32.1. The minimum atomic E-state index is -0.266. The largest absolute Gasteiger partial charge is 0.478 e. The summed E-state index contributed by atoms with van der Waals surface area (Å²) in [7, 11) is 1.57. The zero-order valence-corrected chi connectivity index (χ0v) is 14.2. The third kappa shape index (κ3) is 1.79. The molecule has 7 heteroatoms. The molecule has 132 valence electrons. The number of imide groups is 1. The maximum Gasteiger partial charge on any atom is 0.233 e. The molecule has 1 aromatic carbocycles. The number of ether oxygens (including phenoxy) is 1. The van der Waals surface area contributed by atoms with Crippen LogP contribution in [0.1, 0.15) is 12.0 Å². The highest BCUT2D eigenvalue weighted by Crippen LogP contribution is 2.61. The summed E-state index contributed by atoms with van der Waals surface area (Å²) in [5.41, 5.74) is 1.56. The molecule has 0 unspecified atom stereocenters. The second-order valence-corrected chi connectivity index (χ2v) is 7.37. The third-order valence-corrected chi connectivity index (χ3v) is 6.37. The summed E-state index contributed by atoms with van der Waals surface area (Å²) in [6, 6.07) is 9.40. The van der Waals surface area contributed by atoms with Crippen molar-refractivity contribution in [1.29, 1.82) is 5.26 Å². The van der Waals surface area contributed by atoms with E-state index in [0.717, 1.165) is 17.7 Å². The maximum absolute atomic E-state index is 12.6. The number of hydrogen-bond acceptors (Lipinski definition) is 6. The van der Waals surface area contributed by atoms with Crippen LogP contribution >= 0.6 is 0 Å². The average Bonchev–Trinajstić information content (AvgIpc) is 3.38.